The maximum Gasteiger partial charge on any atom is 0.338 e. The summed E-state index contributed by atoms with van der Waals surface area (Å²) in [5.74, 6) is 0.704. The van der Waals surface area contributed by atoms with Gasteiger partial charge in [-0.3, -0.25) is 0 Å². The summed E-state index contributed by atoms with van der Waals surface area (Å²) in [7, 11) is 2.88. The van der Waals surface area contributed by atoms with Gasteiger partial charge in [0.15, 0.2) is 0 Å². The predicted molar refractivity (Wildman–Crippen MR) is 211 cm³/mol. The van der Waals surface area contributed by atoms with Crippen LogP contribution in [-0.4, -0.2) is 35.7 Å². The number of benzene rings is 5. The summed E-state index contributed by atoms with van der Waals surface area (Å²) >= 11 is 0. The van der Waals surface area contributed by atoms with Crippen LogP contribution < -0.4 is 0 Å². The Balaban J connectivity index is 0.000000160. The third kappa shape index (κ3) is 7.42. The van der Waals surface area contributed by atoms with E-state index in [1.54, 1.807) is 0 Å². The smallest absolute Gasteiger partial charge is 0.338 e. The maximum atomic E-state index is 12.4. The van der Waals surface area contributed by atoms with Crippen LogP contribution in [0.3, 0.4) is 0 Å². The van der Waals surface area contributed by atoms with Crippen LogP contribution in [0, 0.1) is 11.3 Å². The first-order chi connectivity index (χ1) is 26.4. The molecule has 0 saturated heterocycles. The van der Waals surface area contributed by atoms with Gasteiger partial charge < -0.3 is 19.0 Å². The SMILES string of the molecule is COC(=O)c1cc(C2CC2)ccc1Cc1ccc2[nH]ccc2c1.COC(=O)c1cc(C2CC2)ccc1Cc1ccc2c(ccn2-c2ccc(C#N)cc2)c1. The normalized spacial score (nSPS) is 13.6. The molecular formula is C47H41N3O4. The summed E-state index contributed by atoms with van der Waals surface area (Å²) in [6.45, 7) is 0. The second kappa shape index (κ2) is 14.9. The van der Waals surface area contributed by atoms with E-state index in [1.165, 1.54) is 62.0 Å². The second-order valence-electron chi connectivity index (χ2n) is 14.4. The molecule has 54 heavy (non-hydrogen) atoms. The average Bonchev–Trinajstić information content (AvgIpc) is 4.15. The molecule has 0 spiro atoms. The molecule has 0 aliphatic heterocycles. The van der Waals surface area contributed by atoms with Crippen molar-refractivity contribution in [2.45, 2.75) is 50.4 Å². The third-order valence-electron chi connectivity index (χ3n) is 10.6. The Bertz CT molecular complexity index is 2550. The summed E-state index contributed by atoms with van der Waals surface area (Å²) < 4.78 is 12.1. The van der Waals surface area contributed by atoms with Crippen LogP contribution >= 0.6 is 0 Å². The number of nitriles is 1. The third-order valence-corrected chi connectivity index (χ3v) is 10.6. The molecule has 2 aromatic heterocycles. The summed E-state index contributed by atoms with van der Waals surface area (Å²) in [6, 6.07) is 39.1. The fourth-order valence-corrected chi connectivity index (χ4v) is 7.31. The molecule has 7 nitrogen and oxygen atoms in total. The van der Waals surface area contributed by atoms with Gasteiger partial charge in [0.1, 0.15) is 0 Å². The van der Waals surface area contributed by atoms with Gasteiger partial charge in [-0.2, -0.15) is 5.26 Å². The van der Waals surface area contributed by atoms with Crippen LogP contribution in [0.1, 0.15) is 97.2 Å². The van der Waals surface area contributed by atoms with E-state index in [0.717, 1.165) is 45.2 Å². The standard InChI is InChI=1S/C27H22N2O2.C20H19NO2/c1-31-27(30)25-16-21(20-5-6-20)7-8-22(25)14-19-4-11-26-23(15-19)12-13-29(26)24-9-2-18(17-28)3-10-24;1-23-20(22)18-12-15(14-3-4-14)5-6-16(18)10-13-2-7-19-17(11-13)8-9-21-19/h2-4,7-13,15-16,20H,5-6,14H2,1H3;2,5-9,11-12,14,21H,3-4,10H2,1H3. The van der Waals surface area contributed by atoms with Gasteiger partial charge in [-0.25, -0.2) is 9.59 Å². The number of esters is 2. The number of H-pyrrole nitrogens is 1. The zero-order valence-electron chi connectivity index (χ0n) is 30.5. The Hall–Kier alpha value is -6.39. The highest BCUT2D eigenvalue weighted by molar-refractivity contribution is 5.92. The first-order valence-corrected chi connectivity index (χ1v) is 18.5. The Morgan fingerprint density at radius 2 is 1.26 bits per heavy atom. The molecular weight excluding hydrogens is 671 g/mol. The molecule has 5 aromatic carbocycles. The molecule has 0 bridgehead atoms. The Morgan fingerprint density at radius 3 is 1.81 bits per heavy atom. The first-order valence-electron chi connectivity index (χ1n) is 18.5. The van der Waals surface area contributed by atoms with Crippen molar-refractivity contribution in [1.29, 1.82) is 5.26 Å². The highest BCUT2D eigenvalue weighted by atomic mass is 16.5. The van der Waals surface area contributed by atoms with Crippen molar-refractivity contribution in [1.82, 2.24) is 9.55 Å². The van der Waals surface area contributed by atoms with E-state index in [9.17, 15) is 9.59 Å². The van der Waals surface area contributed by atoms with E-state index in [-0.39, 0.29) is 11.9 Å². The number of nitrogens with zero attached hydrogens (tertiary/aromatic N) is 2. The van der Waals surface area contributed by atoms with E-state index < -0.39 is 0 Å². The average molecular weight is 712 g/mol. The molecule has 7 heteroatoms. The molecule has 2 saturated carbocycles. The van der Waals surface area contributed by atoms with Gasteiger partial charge in [0.2, 0.25) is 0 Å². The molecule has 0 amide bonds. The quantitative estimate of drug-likeness (QED) is 0.150. The van der Waals surface area contributed by atoms with Crippen molar-refractivity contribution in [2.75, 3.05) is 14.2 Å². The number of carbonyl (C=O) groups excluding carboxylic acids is 2. The zero-order chi connectivity index (χ0) is 37.2. The van der Waals surface area contributed by atoms with E-state index >= 15 is 0 Å². The molecule has 2 aliphatic rings. The molecule has 0 atom stereocenters. The number of rotatable bonds is 9. The molecule has 0 unspecified atom stereocenters. The lowest BCUT2D eigenvalue weighted by atomic mass is 9.96. The molecule has 268 valence electrons. The molecule has 9 rings (SSSR count). The summed E-state index contributed by atoms with van der Waals surface area (Å²) in [6.07, 6.45) is 10.2. The van der Waals surface area contributed by atoms with Gasteiger partial charge in [0.25, 0.3) is 0 Å². The van der Waals surface area contributed by atoms with Crippen LogP contribution in [0.15, 0.2) is 122 Å². The van der Waals surface area contributed by atoms with Gasteiger partial charge in [0, 0.05) is 29.0 Å². The molecule has 1 N–H and O–H groups in total. The number of carbonyl (C=O) groups is 2. The van der Waals surface area contributed by atoms with E-state index in [0.29, 0.717) is 34.9 Å². The summed E-state index contributed by atoms with van der Waals surface area (Å²) in [5, 5.41) is 11.3. The Morgan fingerprint density at radius 1 is 0.685 bits per heavy atom. The van der Waals surface area contributed by atoms with Crippen molar-refractivity contribution in [3.63, 3.8) is 0 Å². The van der Waals surface area contributed by atoms with Crippen LogP contribution in [0.5, 0.6) is 0 Å². The molecule has 7 aromatic rings. The number of aromatic amines is 1. The van der Waals surface area contributed by atoms with Crippen LogP contribution in [-0.2, 0) is 22.3 Å². The number of hydrogen-bond acceptors (Lipinski definition) is 5. The van der Waals surface area contributed by atoms with Crippen LogP contribution in [0.2, 0.25) is 0 Å². The van der Waals surface area contributed by atoms with Gasteiger partial charge >= 0.3 is 11.9 Å². The van der Waals surface area contributed by atoms with E-state index in [1.807, 2.05) is 48.8 Å². The van der Waals surface area contributed by atoms with Crippen LogP contribution in [0.4, 0.5) is 0 Å². The molecule has 2 fully saturated rings. The van der Waals surface area contributed by atoms with Crippen molar-refractivity contribution in [2.24, 2.45) is 0 Å². The van der Waals surface area contributed by atoms with E-state index in [4.69, 9.17) is 14.7 Å². The fraction of sp³-hybridized carbons (Fsp3) is 0.213. The second-order valence-corrected chi connectivity index (χ2v) is 14.4. The topological polar surface area (TPSA) is 97.1 Å². The molecule has 0 radical (unpaired) electrons. The maximum absolute atomic E-state index is 12.4. The minimum atomic E-state index is -0.273. The lowest BCUT2D eigenvalue weighted by molar-refractivity contribution is 0.0590. The monoisotopic (exact) mass is 711 g/mol. The Kier molecular flexibility index (Phi) is 9.58. The number of hydrogen-bond donors (Lipinski definition) is 1. The number of methoxy groups -OCH3 is 2. The number of nitrogens with one attached hydrogen (secondary N) is 1. The van der Waals surface area contributed by atoms with Crippen molar-refractivity contribution in [3.05, 3.63) is 172 Å². The van der Waals surface area contributed by atoms with Gasteiger partial charge in [-0.05, 0) is 162 Å². The highest BCUT2D eigenvalue weighted by Crippen LogP contribution is 2.41. The van der Waals surface area contributed by atoms with Crippen LogP contribution in [0.25, 0.3) is 27.5 Å². The first kappa shape index (κ1) is 34.7. The highest BCUT2D eigenvalue weighted by Gasteiger charge is 2.26. The van der Waals surface area contributed by atoms with Crippen molar-refractivity contribution >= 4 is 33.7 Å². The number of aromatic nitrogens is 2. The number of fused-ring (bicyclic) bond motifs is 2. The lowest BCUT2D eigenvalue weighted by Gasteiger charge is -2.11. The fourth-order valence-electron chi connectivity index (χ4n) is 7.31. The zero-order valence-corrected chi connectivity index (χ0v) is 30.5. The predicted octanol–water partition coefficient (Wildman–Crippen LogP) is 10.2. The van der Waals surface area contributed by atoms with Gasteiger partial charge in [0.05, 0.1) is 42.5 Å². The van der Waals surface area contributed by atoms with Gasteiger partial charge in [-0.15, -0.1) is 0 Å². The minimum absolute atomic E-state index is 0.245. The summed E-state index contributed by atoms with van der Waals surface area (Å²) in [5.41, 5.74) is 12.1. The van der Waals surface area contributed by atoms with Crippen molar-refractivity contribution < 1.29 is 19.1 Å². The largest absolute Gasteiger partial charge is 0.465 e. The van der Waals surface area contributed by atoms with Gasteiger partial charge in [-0.1, -0.05) is 36.4 Å². The number of ether oxygens (including phenoxy) is 2. The molecule has 2 aliphatic carbocycles. The summed E-state index contributed by atoms with van der Waals surface area (Å²) in [4.78, 5) is 27.8. The Labute approximate surface area is 314 Å². The molecule has 2 heterocycles. The van der Waals surface area contributed by atoms with E-state index in [2.05, 4.69) is 88.4 Å². The lowest BCUT2D eigenvalue weighted by Crippen LogP contribution is -2.07. The minimum Gasteiger partial charge on any atom is -0.465 e. The van der Waals surface area contributed by atoms with Crippen molar-refractivity contribution in [3.8, 4) is 11.8 Å².